The Morgan fingerprint density at radius 3 is 2.72 bits per heavy atom. The van der Waals surface area contributed by atoms with E-state index in [1.54, 1.807) is 36.4 Å². The molecule has 5 rings (SSSR count). The maximum absolute atomic E-state index is 13.1. The van der Waals surface area contributed by atoms with Crippen LogP contribution in [-0.2, 0) is 16.6 Å². The molecule has 11 heteroatoms. The summed E-state index contributed by atoms with van der Waals surface area (Å²) in [5.41, 5.74) is 2.45. The Morgan fingerprint density at radius 1 is 1.07 bits per heavy atom. The molecule has 1 fully saturated rings. The van der Waals surface area contributed by atoms with Crippen molar-refractivity contribution in [3.63, 3.8) is 0 Å². The van der Waals surface area contributed by atoms with E-state index in [1.165, 1.54) is 4.31 Å². The maximum Gasteiger partial charge on any atom is 0.245 e. The molecule has 0 radical (unpaired) electrons. The van der Waals surface area contributed by atoms with Crippen LogP contribution < -0.4 is 0 Å². The van der Waals surface area contributed by atoms with Crippen LogP contribution in [0.3, 0.4) is 0 Å². The molecule has 0 unspecified atom stereocenters. The molecular weight excluding hydrogens is 434 g/mol. The van der Waals surface area contributed by atoms with E-state index in [4.69, 9.17) is 16.0 Å². The van der Waals surface area contributed by atoms with E-state index in [-0.39, 0.29) is 4.90 Å². The van der Waals surface area contributed by atoms with Crippen LogP contribution in [0.2, 0.25) is 5.02 Å². The van der Waals surface area contributed by atoms with Crippen LogP contribution >= 0.6 is 23.3 Å². The molecule has 0 amide bonds. The highest BCUT2D eigenvalue weighted by Crippen LogP contribution is 2.26. The topological polar surface area (TPSA) is 92.4 Å². The lowest BCUT2D eigenvalue weighted by molar-refractivity contribution is 0.169. The lowest BCUT2D eigenvalue weighted by Gasteiger charge is -2.33. The molecule has 1 aliphatic heterocycles. The number of nitrogens with zero attached hydrogens (tertiary/aromatic N) is 5. The number of sulfonamides is 1. The number of oxazole rings is 1. The number of halogens is 1. The van der Waals surface area contributed by atoms with Crippen LogP contribution in [0.15, 0.2) is 45.7 Å². The first-order chi connectivity index (χ1) is 14.0. The van der Waals surface area contributed by atoms with Gasteiger partial charge in [0.25, 0.3) is 0 Å². The summed E-state index contributed by atoms with van der Waals surface area (Å²) in [7, 11) is -3.62. The summed E-state index contributed by atoms with van der Waals surface area (Å²) >= 11 is 7.01. The van der Waals surface area contributed by atoms with Crippen molar-refractivity contribution in [2.45, 2.75) is 11.4 Å². The minimum Gasteiger partial charge on any atom is -0.439 e. The van der Waals surface area contributed by atoms with E-state index >= 15 is 0 Å². The Bertz CT molecular complexity index is 1300. The van der Waals surface area contributed by atoms with Crippen LogP contribution in [0.1, 0.15) is 5.89 Å². The third kappa shape index (κ3) is 3.51. The Hall–Kier alpha value is -2.11. The second-order valence-electron chi connectivity index (χ2n) is 6.79. The SMILES string of the molecule is O=S(=O)(c1cccc2nsnc12)N1CCN(Cc2nc3cc(Cl)ccc3o2)CC1. The first-order valence-corrected chi connectivity index (χ1v) is 11.5. The number of fused-ring (bicyclic) bond motifs is 2. The highest BCUT2D eigenvalue weighted by Gasteiger charge is 2.31. The minimum atomic E-state index is -3.62. The van der Waals surface area contributed by atoms with Gasteiger partial charge in [-0.15, -0.1) is 0 Å². The zero-order valence-corrected chi connectivity index (χ0v) is 17.5. The molecule has 0 aliphatic carbocycles. The summed E-state index contributed by atoms with van der Waals surface area (Å²) in [4.78, 5) is 6.82. The summed E-state index contributed by atoms with van der Waals surface area (Å²) in [5, 5.41) is 0.613. The van der Waals surface area contributed by atoms with Gasteiger partial charge < -0.3 is 4.42 Å². The fourth-order valence-corrected chi connectivity index (χ4v) is 5.80. The summed E-state index contributed by atoms with van der Waals surface area (Å²) < 4.78 is 41.8. The molecule has 0 spiro atoms. The van der Waals surface area contributed by atoms with Gasteiger partial charge >= 0.3 is 0 Å². The first kappa shape index (κ1) is 18.9. The second-order valence-corrected chi connectivity index (χ2v) is 9.66. The summed E-state index contributed by atoms with van der Waals surface area (Å²) in [6, 6.07) is 10.4. The van der Waals surface area contributed by atoms with Gasteiger partial charge in [0.05, 0.1) is 18.3 Å². The summed E-state index contributed by atoms with van der Waals surface area (Å²) in [6.45, 7) is 2.48. The number of piperazine rings is 1. The zero-order chi connectivity index (χ0) is 20.0. The smallest absolute Gasteiger partial charge is 0.245 e. The number of hydrogen-bond donors (Lipinski definition) is 0. The van der Waals surface area contributed by atoms with E-state index < -0.39 is 10.0 Å². The minimum absolute atomic E-state index is 0.216. The highest BCUT2D eigenvalue weighted by atomic mass is 35.5. The van der Waals surface area contributed by atoms with Gasteiger partial charge in [-0.3, -0.25) is 4.90 Å². The van der Waals surface area contributed by atoms with Gasteiger partial charge in [0.2, 0.25) is 15.9 Å². The van der Waals surface area contributed by atoms with Gasteiger partial charge in [-0.05, 0) is 30.3 Å². The molecule has 1 aliphatic rings. The molecule has 150 valence electrons. The van der Waals surface area contributed by atoms with E-state index in [2.05, 4.69) is 18.6 Å². The number of hydrogen-bond acceptors (Lipinski definition) is 8. The van der Waals surface area contributed by atoms with E-state index in [0.29, 0.717) is 60.3 Å². The molecule has 0 N–H and O–H groups in total. The summed E-state index contributed by atoms with van der Waals surface area (Å²) in [5.74, 6) is 0.594. The van der Waals surface area contributed by atoms with Crippen molar-refractivity contribution in [1.82, 2.24) is 22.9 Å². The molecule has 0 bridgehead atoms. The van der Waals surface area contributed by atoms with Crippen LogP contribution in [0, 0.1) is 0 Å². The Kier molecular flexibility index (Phi) is 4.75. The van der Waals surface area contributed by atoms with E-state index in [0.717, 1.165) is 17.2 Å². The van der Waals surface area contributed by atoms with Gasteiger partial charge in [0.1, 0.15) is 21.4 Å². The number of rotatable bonds is 4. The molecule has 1 saturated heterocycles. The van der Waals surface area contributed by atoms with Gasteiger partial charge in [-0.2, -0.15) is 13.1 Å². The van der Waals surface area contributed by atoms with E-state index in [9.17, 15) is 8.42 Å². The molecular formula is C18H16ClN5O3S2. The Labute approximate surface area is 176 Å². The van der Waals surface area contributed by atoms with Crippen molar-refractivity contribution in [1.29, 1.82) is 0 Å². The Morgan fingerprint density at radius 2 is 1.90 bits per heavy atom. The molecule has 4 aromatic rings. The molecule has 29 heavy (non-hydrogen) atoms. The molecule has 0 saturated carbocycles. The van der Waals surface area contributed by atoms with Gasteiger partial charge in [0, 0.05) is 31.2 Å². The largest absolute Gasteiger partial charge is 0.439 e. The quantitative estimate of drug-likeness (QED) is 0.472. The fraction of sp³-hybridized carbons (Fsp3) is 0.278. The summed E-state index contributed by atoms with van der Waals surface area (Å²) in [6.07, 6.45) is 0. The third-order valence-corrected chi connectivity index (χ3v) is 7.66. The number of aromatic nitrogens is 3. The van der Waals surface area contributed by atoms with Crippen molar-refractivity contribution in [2.24, 2.45) is 0 Å². The second kappa shape index (κ2) is 7.29. The molecule has 2 aromatic carbocycles. The average Bonchev–Trinajstić information content (AvgIpc) is 3.34. The van der Waals surface area contributed by atoms with Crippen molar-refractivity contribution >= 4 is 55.5 Å². The van der Waals surface area contributed by atoms with E-state index in [1.807, 2.05) is 0 Å². The molecule has 3 heterocycles. The predicted octanol–water partition coefficient (Wildman–Crippen LogP) is 2.99. The average molecular weight is 450 g/mol. The predicted molar refractivity (Wildman–Crippen MR) is 110 cm³/mol. The van der Waals surface area contributed by atoms with Crippen LogP contribution in [0.5, 0.6) is 0 Å². The van der Waals surface area contributed by atoms with Gasteiger partial charge in [-0.1, -0.05) is 17.7 Å². The molecule has 2 aromatic heterocycles. The van der Waals surface area contributed by atoms with Crippen LogP contribution in [0.25, 0.3) is 22.1 Å². The van der Waals surface area contributed by atoms with Crippen molar-refractivity contribution < 1.29 is 12.8 Å². The van der Waals surface area contributed by atoms with Crippen molar-refractivity contribution in [2.75, 3.05) is 26.2 Å². The van der Waals surface area contributed by atoms with Crippen LogP contribution in [0.4, 0.5) is 0 Å². The van der Waals surface area contributed by atoms with Crippen LogP contribution in [-0.4, -0.2) is 57.5 Å². The highest BCUT2D eigenvalue weighted by molar-refractivity contribution is 7.89. The molecule has 8 nitrogen and oxygen atoms in total. The van der Waals surface area contributed by atoms with Crippen molar-refractivity contribution in [3.05, 3.63) is 47.3 Å². The first-order valence-electron chi connectivity index (χ1n) is 8.99. The lowest BCUT2D eigenvalue weighted by Crippen LogP contribution is -2.48. The monoisotopic (exact) mass is 449 g/mol. The lowest BCUT2D eigenvalue weighted by atomic mass is 10.3. The third-order valence-electron chi connectivity index (χ3n) is 4.95. The van der Waals surface area contributed by atoms with Gasteiger partial charge in [-0.25, -0.2) is 13.4 Å². The Balaban J connectivity index is 1.30. The standard InChI is InChI=1S/C18H16ClN5O3S2/c19-12-4-5-15-14(10-12)20-17(27-15)11-23-6-8-24(9-7-23)29(25,26)16-3-1-2-13-18(16)22-28-21-13/h1-5,10H,6-9,11H2. The fourth-order valence-electron chi connectivity index (χ4n) is 3.46. The zero-order valence-electron chi connectivity index (χ0n) is 15.2. The van der Waals surface area contributed by atoms with Gasteiger partial charge in [0.15, 0.2) is 5.58 Å². The number of benzene rings is 2. The maximum atomic E-state index is 13.1. The molecule has 0 atom stereocenters. The normalized spacial score (nSPS) is 16.7. The van der Waals surface area contributed by atoms with Crippen molar-refractivity contribution in [3.8, 4) is 0 Å².